The molecule has 0 aliphatic carbocycles. The zero-order valence-corrected chi connectivity index (χ0v) is 8.18. The summed E-state index contributed by atoms with van der Waals surface area (Å²) in [6, 6.07) is 0. The Bertz CT molecular complexity index is 212. The molecule has 15 heavy (non-hydrogen) atoms. The molecule has 0 radical (unpaired) electrons. The van der Waals surface area contributed by atoms with Crippen LogP contribution < -0.4 is 11.1 Å². The molecular weight excluding hydrogens is 200 g/mol. The van der Waals surface area contributed by atoms with Gasteiger partial charge in [-0.1, -0.05) is 19.7 Å². The van der Waals surface area contributed by atoms with Crippen molar-refractivity contribution in [3.05, 3.63) is 38.1 Å². The van der Waals surface area contributed by atoms with Crippen LogP contribution in [-0.2, 0) is 14.4 Å². The summed E-state index contributed by atoms with van der Waals surface area (Å²) >= 11 is 0. The zero-order chi connectivity index (χ0) is 12.7. The van der Waals surface area contributed by atoms with E-state index in [4.69, 9.17) is 5.11 Å². The molecular formula is C9H14N2O4. The molecule has 0 unspecified atom stereocenters. The van der Waals surface area contributed by atoms with Crippen molar-refractivity contribution in [1.82, 2.24) is 5.32 Å². The van der Waals surface area contributed by atoms with Crippen molar-refractivity contribution in [2.45, 2.75) is 0 Å². The molecule has 0 rings (SSSR count). The van der Waals surface area contributed by atoms with E-state index in [1.54, 1.807) is 0 Å². The van der Waals surface area contributed by atoms with Gasteiger partial charge in [0.25, 0.3) is 0 Å². The third-order valence-corrected chi connectivity index (χ3v) is 0.562. The van der Waals surface area contributed by atoms with Gasteiger partial charge >= 0.3 is 5.97 Å². The number of carbonyl (C=O) groups excluding carboxylic acids is 2. The van der Waals surface area contributed by atoms with Gasteiger partial charge in [0.1, 0.15) is 0 Å². The molecule has 0 fully saturated rings. The van der Waals surface area contributed by atoms with Crippen LogP contribution in [0.4, 0.5) is 0 Å². The predicted molar refractivity (Wildman–Crippen MR) is 56.6 cm³/mol. The molecule has 2 amide bonds. The first kappa shape index (κ1) is 18.4. The SMILES string of the molecule is C=CC(=O)O.C=CC(N)=O.C=CNC=O. The van der Waals surface area contributed by atoms with Gasteiger partial charge < -0.3 is 16.2 Å². The monoisotopic (exact) mass is 214 g/mol. The van der Waals surface area contributed by atoms with Crippen molar-refractivity contribution in [1.29, 1.82) is 0 Å². The van der Waals surface area contributed by atoms with Gasteiger partial charge in [-0.05, 0) is 12.3 Å². The van der Waals surface area contributed by atoms with Crippen LogP contribution in [0.3, 0.4) is 0 Å². The first-order chi connectivity index (χ1) is 6.95. The lowest BCUT2D eigenvalue weighted by Gasteiger charge is -1.70. The number of carboxylic acids is 1. The van der Waals surface area contributed by atoms with Gasteiger partial charge in [-0.2, -0.15) is 0 Å². The lowest BCUT2D eigenvalue weighted by Crippen LogP contribution is -2.04. The molecule has 4 N–H and O–H groups in total. The van der Waals surface area contributed by atoms with E-state index in [9.17, 15) is 14.4 Å². The zero-order valence-electron chi connectivity index (χ0n) is 8.18. The lowest BCUT2D eigenvalue weighted by molar-refractivity contribution is -0.131. The summed E-state index contributed by atoms with van der Waals surface area (Å²) < 4.78 is 0. The van der Waals surface area contributed by atoms with Gasteiger partial charge in [-0.25, -0.2) is 4.79 Å². The Morgan fingerprint density at radius 2 is 1.53 bits per heavy atom. The van der Waals surface area contributed by atoms with Crippen molar-refractivity contribution in [2.24, 2.45) is 5.73 Å². The fourth-order valence-corrected chi connectivity index (χ4v) is 0.0481. The molecule has 6 heteroatoms. The Hall–Kier alpha value is -2.37. The molecule has 84 valence electrons. The van der Waals surface area contributed by atoms with Gasteiger partial charge in [0.05, 0.1) is 0 Å². The number of hydrogen-bond acceptors (Lipinski definition) is 3. The highest BCUT2D eigenvalue weighted by molar-refractivity contribution is 5.84. The molecule has 0 atom stereocenters. The number of carboxylic acid groups (broad SMARTS) is 1. The smallest absolute Gasteiger partial charge is 0.327 e. The van der Waals surface area contributed by atoms with Crippen molar-refractivity contribution in [2.75, 3.05) is 0 Å². The molecule has 0 saturated carbocycles. The third kappa shape index (κ3) is 81.9. The van der Waals surface area contributed by atoms with Crippen molar-refractivity contribution in [3.8, 4) is 0 Å². The Morgan fingerprint density at radius 3 is 1.53 bits per heavy atom. The van der Waals surface area contributed by atoms with E-state index in [2.05, 4.69) is 30.8 Å². The second-order valence-electron chi connectivity index (χ2n) is 1.64. The summed E-state index contributed by atoms with van der Waals surface area (Å²) in [6.45, 7) is 9.25. The van der Waals surface area contributed by atoms with Crippen LogP contribution in [0, 0.1) is 0 Å². The van der Waals surface area contributed by atoms with Gasteiger partial charge in [-0.3, -0.25) is 9.59 Å². The molecule has 0 aliphatic rings. The van der Waals surface area contributed by atoms with E-state index in [0.717, 1.165) is 12.2 Å². The Balaban J connectivity index is -0.000000144. The Morgan fingerprint density at radius 1 is 1.20 bits per heavy atom. The molecule has 0 aromatic heterocycles. The molecule has 6 nitrogen and oxygen atoms in total. The number of hydrogen-bond donors (Lipinski definition) is 3. The summed E-state index contributed by atoms with van der Waals surface area (Å²) in [7, 11) is 0. The van der Waals surface area contributed by atoms with Crippen LogP contribution in [0.25, 0.3) is 0 Å². The normalized spacial score (nSPS) is 6.13. The Labute approximate surface area is 87.8 Å². The van der Waals surface area contributed by atoms with Crippen molar-refractivity contribution >= 4 is 18.3 Å². The molecule has 0 aromatic rings. The predicted octanol–water partition coefficient (Wildman–Crippen LogP) is -0.209. The minimum atomic E-state index is -0.981. The van der Waals surface area contributed by atoms with Crippen LogP contribution in [0.1, 0.15) is 0 Å². The highest BCUT2D eigenvalue weighted by Gasteiger charge is 1.73. The largest absolute Gasteiger partial charge is 0.478 e. The van der Waals surface area contributed by atoms with E-state index in [1.165, 1.54) is 6.20 Å². The topological polar surface area (TPSA) is 109 Å². The summed E-state index contributed by atoms with van der Waals surface area (Å²) in [6.07, 6.45) is 3.76. The first-order valence-electron chi connectivity index (χ1n) is 3.54. The first-order valence-corrected chi connectivity index (χ1v) is 3.54. The highest BCUT2D eigenvalue weighted by atomic mass is 16.4. The molecule has 0 saturated heterocycles. The van der Waals surface area contributed by atoms with Gasteiger partial charge in [-0.15, -0.1) is 0 Å². The van der Waals surface area contributed by atoms with E-state index >= 15 is 0 Å². The van der Waals surface area contributed by atoms with Gasteiger partial charge in [0.2, 0.25) is 12.3 Å². The number of nitrogens with two attached hydrogens (primary N) is 1. The second kappa shape index (κ2) is 17.6. The molecule has 0 spiro atoms. The molecule has 0 bridgehead atoms. The second-order valence-corrected chi connectivity index (χ2v) is 1.64. The molecule has 0 aromatic carbocycles. The Kier molecular flexibility index (Phi) is 21.7. The maximum Gasteiger partial charge on any atom is 0.327 e. The van der Waals surface area contributed by atoms with E-state index < -0.39 is 11.9 Å². The molecule has 0 heterocycles. The van der Waals surface area contributed by atoms with Crippen molar-refractivity contribution in [3.63, 3.8) is 0 Å². The average Bonchev–Trinajstić information content (AvgIpc) is 2.20. The summed E-state index contributed by atoms with van der Waals surface area (Å²) in [5, 5.41) is 9.80. The van der Waals surface area contributed by atoms with E-state index in [1.807, 2.05) is 0 Å². The minimum Gasteiger partial charge on any atom is -0.478 e. The number of rotatable bonds is 4. The highest BCUT2D eigenvalue weighted by Crippen LogP contribution is 1.54. The van der Waals surface area contributed by atoms with Crippen LogP contribution in [0.2, 0.25) is 0 Å². The number of aliphatic carboxylic acids is 1. The lowest BCUT2D eigenvalue weighted by atomic mass is 10.6. The van der Waals surface area contributed by atoms with E-state index in [-0.39, 0.29) is 0 Å². The summed E-state index contributed by atoms with van der Waals surface area (Å²) in [5.41, 5.74) is 4.53. The molecule has 0 aliphatic heterocycles. The summed E-state index contributed by atoms with van der Waals surface area (Å²) in [4.78, 5) is 27.9. The number of carbonyl (C=O) groups is 3. The van der Waals surface area contributed by atoms with Crippen LogP contribution >= 0.6 is 0 Å². The fourth-order valence-electron chi connectivity index (χ4n) is 0.0481. The van der Waals surface area contributed by atoms with Gasteiger partial charge in [0, 0.05) is 6.08 Å². The number of amides is 2. The fraction of sp³-hybridized carbons (Fsp3) is 0. The van der Waals surface area contributed by atoms with Crippen LogP contribution in [0.5, 0.6) is 0 Å². The third-order valence-electron chi connectivity index (χ3n) is 0.562. The van der Waals surface area contributed by atoms with Crippen LogP contribution in [-0.4, -0.2) is 23.4 Å². The van der Waals surface area contributed by atoms with E-state index in [0.29, 0.717) is 6.41 Å². The maximum atomic E-state index is 9.47. The maximum absolute atomic E-state index is 9.47. The number of primary amides is 1. The van der Waals surface area contributed by atoms with Crippen LogP contribution in [0.15, 0.2) is 38.1 Å². The standard InChI is InChI=1S/2C3H5NO.C3H4O2/c1-2-4-3-5;2*1-2-3(4)5/h2-3H,1H2,(H,4,5);2H,1H2,(H2,4,5);2H,1H2,(H,4,5). The quantitative estimate of drug-likeness (QED) is 0.444. The van der Waals surface area contributed by atoms with Crippen molar-refractivity contribution < 1.29 is 19.5 Å². The van der Waals surface area contributed by atoms with Gasteiger partial charge in [0.15, 0.2) is 0 Å². The average molecular weight is 214 g/mol. The number of nitrogens with one attached hydrogen (secondary N) is 1. The minimum absolute atomic E-state index is 0.481. The summed E-state index contributed by atoms with van der Waals surface area (Å²) in [5.74, 6) is -1.46.